The highest BCUT2D eigenvalue weighted by atomic mass is 16.5. The van der Waals surface area contributed by atoms with Crippen LogP contribution < -0.4 is 4.74 Å². The summed E-state index contributed by atoms with van der Waals surface area (Å²) in [7, 11) is 1.65. The fraction of sp³-hybridized carbons (Fsp3) is 0.300. The molecule has 0 aliphatic heterocycles. The number of hydrogen-bond acceptors (Lipinski definition) is 4. The highest BCUT2D eigenvalue weighted by molar-refractivity contribution is 5.92. The smallest absolute Gasteiger partial charge is 0.290 e. The fourth-order valence-corrected chi connectivity index (χ4v) is 2.95. The lowest BCUT2D eigenvalue weighted by Crippen LogP contribution is -2.32. The molecule has 0 atom stereocenters. The maximum absolute atomic E-state index is 13.0. The van der Waals surface area contributed by atoms with Crippen molar-refractivity contribution in [2.45, 2.75) is 32.0 Å². The van der Waals surface area contributed by atoms with Gasteiger partial charge in [0.05, 0.1) is 13.7 Å². The Labute approximate surface area is 152 Å². The molecule has 1 fully saturated rings. The Balaban J connectivity index is 1.47. The average molecular weight is 351 g/mol. The Hall–Kier alpha value is -3.02. The summed E-state index contributed by atoms with van der Waals surface area (Å²) in [5.74, 6) is 1.85. The fourth-order valence-electron chi connectivity index (χ4n) is 2.95. The number of furan rings is 1. The number of hydrogen-bond donors (Lipinski definition) is 0. The second kappa shape index (κ2) is 7.07. The van der Waals surface area contributed by atoms with Crippen LogP contribution in [0.3, 0.4) is 0 Å². The number of rotatable bonds is 7. The summed E-state index contributed by atoms with van der Waals surface area (Å²) in [5.41, 5.74) is 1.08. The van der Waals surface area contributed by atoms with Gasteiger partial charge in [0, 0.05) is 25.0 Å². The topological polar surface area (TPSA) is 60.5 Å². The van der Waals surface area contributed by atoms with Crippen molar-refractivity contribution in [1.82, 2.24) is 14.7 Å². The zero-order valence-electron chi connectivity index (χ0n) is 14.7. The van der Waals surface area contributed by atoms with Crippen molar-refractivity contribution < 1.29 is 13.9 Å². The van der Waals surface area contributed by atoms with Crippen LogP contribution in [0.4, 0.5) is 0 Å². The Kier molecular flexibility index (Phi) is 4.48. The van der Waals surface area contributed by atoms with Crippen molar-refractivity contribution in [1.29, 1.82) is 0 Å². The van der Waals surface area contributed by atoms with Crippen LogP contribution in [0.15, 0.2) is 59.3 Å². The van der Waals surface area contributed by atoms with E-state index in [1.165, 1.54) is 0 Å². The Morgan fingerprint density at radius 2 is 2.08 bits per heavy atom. The van der Waals surface area contributed by atoms with Crippen LogP contribution in [0.5, 0.6) is 5.75 Å². The van der Waals surface area contributed by atoms with Gasteiger partial charge in [-0.25, -0.2) is 0 Å². The van der Waals surface area contributed by atoms with Crippen molar-refractivity contribution in [2.24, 2.45) is 0 Å². The molecule has 1 aliphatic carbocycles. The Morgan fingerprint density at radius 3 is 2.73 bits per heavy atom. The molecule has 0 bridgehead atoms. The highest BCUT2D eigenvalue weighted by Crippen LogP contribution is 2.30. The van der Waals surface area contributed by atoms with Crippen molar-refractivity contribution in [3.63, 3.8) is 0 Å². The third-order valence-corrected chi connectivity index (χ3v) is 4.51. The molecule has 3 aromatic rings. The highest BCUT2D eigenvalue weighted by Gasteiger charge is 2.34. The molecule has 4 rings (SSSR count). The van der Waals surface area contributed by atoms with E-state index < -0.39 is 0 Å². The Bertz CT molecular complexity index is 864. The Morgan fingerprint density at radius 1 is 1.27 bits per heavy atom. The summed E-state index contributed by atoms with van der Waals surface area (Å²) in [5, 5.41) is 4.16. The van der Waals surface area contributed by atoms with E-state index >= 15 is 0 Å². The van der Waals surface area contributed by atoms with E-state index in [0.29, 0.717) is 24.9 Å². The summed E-state index contributed by atoms with van der Waals surface area (Å²) in [6.45, 7) is 1.09. The summed E-state index contributed by atoms with van der Waals surface area (Å²) < 4.78 is 12.7. The quantitative estimate of drug-likeness (QED) is 0.655. The maximum atomic E-state index is 13.0. The number of ether oxygens (including phenoxy) is 1. The van der Waals surface area contributed by atoms with Crippen molar-refractivity contribution in [2.75, 3.05) is 7.11 Å². The maximum Gasteiger partial charge on any atom is 0.290 e. The van der Waals surface area contributed by atoms with Gasteiger partial charge in [0.2, 0.25) is 0 Å². The molecule has 1 saturated carbocycles. The molecule has 0 unspecified atom stereocenters. The molecule has 0 saturated heterocycles. The molecule has 6 heteroatoms. The largest absolute Gasteiger partial charge is 0.497 e. The zero-order chi connectivity index (χ0) is 17.9. The first kappa shape index (κ1) is 16.4. The molecule has 1 aliphatic rings. The third kappa shape index (κ3) is 3.64. The van der Waals surface area contributed by atoms with Crippen molar-refractivity contribution in [3.8, 4) is 5.75 Å². The second-order valence-electron chi connectivity index (χ2n) is 6.48. The second-order valence-corrected chi connectivity index (χ2v) is 6.48. The van der Waals surface area contributed by atoms with Gasteiger partial charge in [-0.15, -0.1) is 0 Å². The van der Waals surface area contributed by atoms with E-state index in [-0.39, 0.29) is 5.91 Å². The molecule has 134 valence electrons. The molecular formula is C20H21N3O3. The average Bonchev–Trinajstić information content (AvgIpc) is 3.17. The van der Waals surface area contributed by atoms with Crippen LogP contribution in [0.2, 0.25) is 0 Å². The van der Waals surface area contributed by atoms with Gasteiger partial charge in [0.1, 0.15) is 11.5 Å². The summed E-state index contributed by atoms with van der Waals surface area (Å²) in [4.78, 5) is 14.9. The molecule has 6 nitrogen and oxygen atoms in total. The number of methoxy groups -OCH3 is 1. The van der Waals surface area contributed by atoms with Gasteiger partial charge in [0.25, 0.3) is 5.91 Å². The first-order valence-corrected chi connectivity index (χ1v) is 8.73. The van der Waals surface area contributed by atoms with Gasteiger partial charge < -0.3 is 14.1 Å². The molecule has 2 heterocycles. The molecule has 0 radical (unpaired) electrons. The van der Waals surface area contributed by atoms with Crippen molar-refractivity contribution in [3.05, 3.63) is 71.9 Å². The van der Waals surface area contributed by atoms with Crippen LogP contribution in [-0.2, 0) is 13.1 Å². The standard InChI is InChI=1S/C20H21N3O3/c1-25-17-7-3-15(4-8-17)13-23(16-5-6-16)20(24)19-10-9-18(26-19)14-22-12-2-11-21-22/h2-4,7-12,16H,5-6,13-14H2,1H3. The predicted octanol–water partition coefficient (Wildman–Crippen LogP) is 3.34. The molecule has 0 spiro atoms. The minimum Gasteiger partial charge on any atom is -0.497 e. The minimum absolute atomic E-state index is 0.0602. The molecule has 0 N–H and O–H groups in total. The predicted molar refractivity (Wildman–Crippen MR) is 95.9 cm³/mol. The SMILES string of the molecule is COc1ccc(CN(C(=O)c2ccc(Cn3cccn3)o2)C2CC2)cc1. The third-order valence-electron chi connectivity index (χ3n) is 4.51. The number of benzene rings is 1. The molecule has 2 aromatic heterocycles. The lowest BCUT2D eigenvalue weighted by molar-refractivity contribution is 0.0695. The minimum atomic E-state index is -0.0602. The lowest BCUT2D eigenvalue weighted by atomic mass is 10.2. The van der Waals surface area contributed by atoms with Crippen molar-refractivity contribution >= 4 is 5.91 Å². The van der Waals surface area contributed by atoms with Crippen LogP contribution in [0.25, 0.3) is 0 Å². The summed E-state index contributed by atoms with van der Waals surface area (Å²) in [6.07, 6.45) is 5.67. The zero-order valence-corrected chi connectivity index (χ0v) is 14.7. The number of carbonyl (C=O) groups excluding carboxylic acids is 1. The van der Waals surface area contributed by atoms with Gasteiger partial charge in [-0.1, -0.05) is 12.1 Å². The normalized spacial score (nSPS) is 13.6. The van der Waals surface area contributed by atoms with Gasteiger partial charge in [-0.2, -0.15) is 5.10 Å². The number of carbonyl (C=O) groups is 1. The molecular weight excluding hydrogens is 330 g/mol. The first-order valence-electron chi connectivity index (χ1n) is 8.73. The van der Waals surface area contributed by atoms with E-state index in [0.717, 1.165) is 29.9 Å². The van der Waals surface area contributed by atoms with Crippen LogP contribution >= 0.6 is 0 Å². The van der Waals surface area contributed by atoms with E-state index in [1.807, 2.05) is 47.5 Å². The molecule has 26 heavy (non-hydrogen) atoms. The van der Waals surface area contributed by atoms with Gasteiger partial charge >= 0.3 is 0 Å². The monoisotopic (exact) mass is 351 g/mol. The lowest BCUT2D eigenvalue weighted by Gasteiger charge is -2.21. The van der Waals surface area contributed by atoms with Crippen LogP contribution in [0, 0.1) is 0 Å². The van der Waals surface area contributed by atoms with E-state index in [9.17, 15) is 4.79 Å². The summed E-state index contributed by atoms with van der Waals surface area (Å²) >= 11 is 0. The summed E-state index contributed by atoms with van der Waals surface area (Å²) in [6, 6.07) is 13.6. The van der Waals surface area contributed by atoms with Crippen LogP contribution in [0.1, 0.15) is 34.7 Å². The van der Waals surface area contributed by atoms with E-state index in [2.05, 4.69) is 5.10 Å². The van der Waals surface area contributed by atoms with Gasteiger partial charge in [-0.05, 0) is 48.7 Å². The number of nitrogens with zero attached hydrogens (tertiary/aromatic N) is 3. The first-order chi connectivity index (χ1) is 12.7. The number of aromatic nitrogens is 2. The molecule has 1 amide bonds. The van der Waals surface area contributed by atoms with Crippen LogP contribution in [-0.4, -0.2) is 33.7 Å². The van der Waals surface area contributed by atoms with Gasteiger partial charge in [0.15, 0.2) is 5.76 Å². The number of amides is 1. The molecule has 1 aromatic carbocycles. The van der Waals surface area contributed by atoms with Gasteiger partial charge in [-0.3, -0.25) is 9.48 Å². The van der Waals surface area contributed by atoms with E-state index in [1.54, 1.807) is 24.1 Å². The van der Waals surface area contributed by atoms with E-state index in [4.69, 9.17) is 9.15 Å².